The number of carbonyl (C=O) groups excluding carboxylic acids is 2. The van der Waals surface area contributed by atoms with Crippen molar-refractivity contribution in [3.05, 3.63) is 65.4 Å². The Balaban J connectivity index is 1.33. The third kappa shape index (κ3) is 5.60. The van der Waals surface area contributed by atoms with E-state index in [9.17, 15) is 9.59 Å². The zero-order valence-electron chi connectivity index (χ0n) is 18.4. The van der Waals surface area contributed by atoms with E-state index in [1.807, 2.05) is 6.92 Å². The lowest BCUT2D eigenvalue weighted by Crippen LogP contribution is -2.50. The molecule has 2 heterocycles. The number of rotatable bonds is 8. The summed E-state index contributed by atoms with van der Waals surface area (Å²) in [4.78, 5) is 37.0. The Labute approximate surface area is 204 Å². The predicted molar refractivity (Wildman–Crippen MR) is 125 cm³/mol. The van der Waals surface area contributed by atoms with Gasteiger partial charge in [-0.1, -0.05) is 0 Å². The van der Waals surface area contributed by atoms with Crippen LogP contribution in [0.15, 0.2) is 59.7 Å². The van der Waals surface area contributed by atoms with E-state index in [0.717, 1.165) is 4.47 Å². The van der Waals surface area contributed by atoms with Crippen molar-refractivity contribution in [2.24, 2.45) is 0 Å². The van der Waals surface area contributed by atoms with Crippen molar-refractivity contribution < 1.29 is 23.8 Å². The largest absolute Gasteiger partial charge is 0.497 e. The third-order valence-corrected chi connectivity index (χ3v) is 5.81. The first-order chi connectivity index (χ1) is 16.4. The van der Waals surface area contributed by atoms with Crippen LogP contribution < -0.4 is 24.8 Å². The maximum Gasteiger partial charge on any atom is 0.413 e. The highest BCUT2D eigenvalue weighted by Gasteiger charge is 2.52. The number of hydrogen-bond acceptors (Lipinski definition) is 8. The Kier molecular flexibility index (Phi) is 6.92. The Bertz CT molecular complexity index is 1170. The first-order valence-electron chi connectivity index (χ1n) is 10.4. The molecule has 1 unspecified atom stereocenters. The van der Waals surface area contributed by atoms with Crippen LogP contribution in [0.25, 0.3) is 0 Å². The van der Waals surface area contributed by atoms with Crippen LogP contribution in [-0.2, 0) is 4.79 Å². The first-order valence-corrected chi connectivity index (χ1v) is 11.2. The Morgan fingerprint density at radius 3 is 2.41 bits per heavy atom. The second kappa shape index (κ2) is 10.0. The average molecular weight is 528 g/mol. The zero-order valence-corrected chi connectivity index (χ0v) is 20.0. The SMILES string of the molecule is COc1ccc(Oc2ccc(C(C)NC(=O)C3(NC(=O)Oc4cncnc4)CC3)nc2)c(Br)c1. The van der Waals surface area contributed by atoms with Gasteiger partial charge in [0.2, 0.25) is 5.91 Å². The summed E-state index contributed by atoms with van der Waals surface area (Å²) in [5.41, 5.74) is -0.348. The molecule has 1 aliphatic carbocycles. The second-order valence-corrected chi connectivity index (χ2v) is 8.54. The number of halogens is 1. The van der Waals surface area contributed by atoms with E-state index in [-0.39, 0.29) is 17.7 Å². The van der Waals surface area contributed by atoms with Crippen molar-refractivity contribution in [3.63, 3.8) is 0 Å². The molecule has 1 atom stereocenters. The van der Waals surface area contributed by atoms with Gasteiger partial charge in [0.05, 0.1) is 41.9 Å². The van der Waals surface area contributed by atoms with E-state index >= 15 is 0 Å². The van der Waals surface area contributed by atoms with Gasteiger partial charge in [0.1, 0.15) is 29.1 Å². The lowest BCUT2D eigenvalue weighted by atomic mass is 10.1. The number of nitrogens with zero attached hydrogens (tertiary/aromatic N) is 3. The maximum atomic E-state index is 12.8. The predicted octanol–water partition coefficient (Wildman–Crippen LogP) is 3.93. The van der Waals surface area contributed by atoms with Crippen LogP contribution in [-0.4, -0.2) is 39.6 Å². The molecule has 1 aliphatic rings. The van der Waals surface area contributed by atoms with Crippen molar-refractivity contribution in [3.8, 4) is 23.0 Å². The number of hydrogen-bond donors (Lipinski definition) is 2. The highest BCUT2D eigenvalue weighted by Crippen LogP contribution is 2.36. The van der Waals surface area contributed by atoms with E-state index in [0.29, 0.717) is 35.8 Å². The number of amides is 2. The van der Waals surface area contributed by atoms with Crippen LogP contribution >= 0.6 is 15.9 Å². The third-order valence-electron chi connectivity index (χ3n) is 5.19. The van der Waals surface area contributed by atoms with Crippen molar-refractivity contribution in [2.75, 3.05) is 7.11 Å². The molecule has 2 amide bonds. The summed E-state index contributed by atoms with van der Waals surface area (Å²) in [7, 11) is 1.60. The molecule has 1 aromatic carbocycles. The lowest BCUT2D eigenvalue weighted by molar-refractivity contribution is -0.124. The van der Waals surface area contributed by atoms with Gasteiger partial charge in [0.25, 0.3) is 0 Å². The molecule has 176 valence electrons. The summed E-state index contributed by atoms with van der Waals surface area (Å²) < 4.78 is 16.9. The number of ether oxygens (including phenoxy) is 3. The minimum Gasteiger partial charge on any atom is -0.497 e. The Hall–Kier alpha value is -3.73. The minimum absolute atomic E-state index is 0.192. The minimum atomic E-state index is -0.995. The number of carbonyl (C=O) groups is 2. The fraction of sp³-hybridized carbons (Fsp3) is 0.261. The molecular formula is C23H22BrN5O5. The number of pyridine rings is 1. The molecule has 0 saturated heterocycles. The average Bonchev–Trinajstić information content (AvgIpc) is 3.62. The summed E-state index contributed by atoms with van der Waals surface area (Å²) >= 11 is 3.45. The van der Waals surface area contributed by atoms with Crippen molar-refractivity contribution in [1.29, 1.82) is 0 Å². The van der Waals surface area contributed by atoms with Crippen LogP contribution in [0.1, 0.15) is 31.5 Å². The van der Waals surface area contributed by atoms with Gasteiger partial charge in [-0.2, -0.15) is 0 Å². The molecule has 0 aliphatic heterocycles. The van der Waals surface area contributed by atoms with Gasteiger partial charge in [-0.3, -0.25) is 9.78 Å². The normalized spacial score (nSPS) is 14.4. The van der Waals surface area contributed by atoms with E-state index in [2.05, 4.69) is 41.5 Å². The topological polar surface area (TPSA) is 125 Å². The van der Waals surface area contributed by atoms with Crippen LogP contribution in [0, 0.1) is 0 Å². The van der Waals surface area contributed by atoms with Gasteiger partial charge in [-0.15, -0.1) is 0 Å². The summed E-state index contributed by atoms with van der Waals surface area (Å²) in [6.45, 7) is 1.82. The summed E-state index contributed by atoms with van der Waals surface area (Å²) in [5.74, 6) is 1.76. The molecule has 2 N–H and O–H groups in total. The molecule has 4 rings (SSSR count). The summed E-state index contributed by atoms with van der Waals surface area (Å²) in [5, 5.41) is 5.54. The van der Waals surface area contributed by atoms with Gasteiger partial charge >= 0.3 is 6.09 Å². The molecule has 2 aromatic heterocycles. The van der Waals surface area contributed by atoms with Crippen molar-refractivity contribution in [2.45, 2.75) is 31.3 Å². The van der Waals surface area contributed by atoms with Crippen LogP contribution in [0.5, 0.6) is 23.0 Å². The van der Waals surface area contributed by atoms with Gasteiger partial charge in [-0.05, 0) is 66.0 Å². The molecule has 10 nitrogen and oxygen atoms in total. The molecule has 11 heteroatoms. The van der Waals surface area contributed by atoms with E-state index in [1.165, 1.54) is 18.7 Å². The molecular weight excluding hydrogens is 506 g/mol. The zero-order chi connectivity index (χ0) is 24.1. The van der Waals surface area contributed by atoms with E-state index in [1.54, 1.807) is 43.6 Å². The molecule has 1 fully saturated rings. The van der Waals surface area contributed by atoms with Crippen molar-refractivity contribution >= 4 is 27.9 Å². The molecule has 0 bridgehead atoms. The molecule has 0 spiro atoms. The standard InChI is InChI=1S/C23H22BrN5O5/c1-14(19-5-3-16(12-27-19)33-20-6-4-15(32-2)9-18(20)24)28-21(30)23(7-8-23)29-22(31)34-17-10-25-13-26-11-17/h3-6,9-14H,7-8H2,1-2H3,(H,28,30)(H,29,31). The van der Waals surface area contributed by atoms with Crippen LogP contribution in [0.3, 0.4) is 0 Å². The number of nitrogens with one attached hydrogen (secondary N) is 2. The number of aromatic nitrogens is 3. The van der Waals surface area contributed by atoms with Gasteiger partial charge < -0.3 is 24.8 Å². The van der Waals surface area contributed by atoms with Gasteiger partial charge in [0.15, 0.2) is 5.75 Å². The quantitative estimate of drug-likeness (QED) is 0.451. The fourth-order valence-electron chi connectivity index (χ4n) is 3.14. The summed E-state index contributed by atoms with van der Waals surface area (Å²) in [6.07, 6.45) is 5.93. The van der Waals surface area contributed by atoms with Gasteiger partial charge in [-0.25, -0.2) is 14.8 Å². The van der Waals surface area contributed by atoms with Crippen LogP contribution in [0.2, 0.25) is 0 Å². The fourth-order valence-corrected chi connectivity index (χ4v) is 3.57. The van der Waals surface area contributed by atoms with Crippen molar-refractivity contribution in [1.82, 2.24) is 25.6 Å². The maximum absolute atomic E-state index is 12.8. The molecule has 1 saturated carbocycles. The Morgan fingerprint density at radius 1 is 1.06 bits per heavy atom. The van der Waals surface area contributed by atoms with E-state index in [4.69, 9.17) is 14.2 Å². The molecule has 3 aromatic rings. The second-order valence-electron chi connectivity index (χ2n) is 7.68. The number of methoxy groups -OCH3 is 1. The summed E-state index contributed by atoms with van der Waals surface area (Å²) in [6, 6.07) is 8.55. The smallest absolute Gasteiger partial charge is 0.413 e. The Morgan fingerprint density at radius 2 is 1.79 bits per heavy atom. The number of benzene rings is 1. The monoisotopic (exact) mass is 527 g/mol. The highest BCUT2D eigenvalue weighted by atomic mass is 79.9. The highest BCUT2D eigenvalue weighted by molar-refractivity contribution is 9.10. The lowest BCUT2D eigenvalue weighted by Gasteiger charge is -2.20. The molecule has 34 heavy (non-hydrogen) atoms. The molecule has 0 radical (unpaired) electrons. The first kappa shape index (κ1) is 23.4. The van der Waals surface area contributed by atoms with E-state index < -0.39 is 11.6 Å². The van der Waals surface area contributed by atoms with Crippen LogP contribution in [0.4, 0.5) is 4.79 Å². The van der Waals surface area contributed by atoms with Gasteiger partial charge in [0, 0.05) is 0 Å².